The number of halogens is 1. The van der Waals surface area contributed by atoms with Crippen molar-refractivity contribution < 1.29 is 19.1 Å². The largest absolute Gasteiger partial charge is 0.506 e. The lowest BCUT2D eigenvalue weighted by Crippen LogP contribution is -2.21. The van der Waals surface area contributed by atoms with Gasteiger partial charge in [-0.1, -0.05) is 23.7 Å². The highest BCUT2D eigenvalue weighted by Crippen LogP contribution is 2.27. The van der Waals surface area contributed by atoms with E-state index in [9.17, 15) is 14.7 Å². The van der Waals surface area contributed by atoms with Crippen LogP contribution in [0.2, 0.25) is 5.02 Å². The van der Waals surface area contributed by atoms with Crippen LogP contribution in [0, 0.1) is 0 Å². The minimum Gasteiger partial charge on any atom is -0.506 e. The van der Waals surface area contributed by atoms with Gasteiger partial charge in [0.15, 0.2) is 5.56 Å². The van der Waals surface area contributed by atoms with Crippen molar-refractivity contribution in [1.29, 1.82) is 0 Å². The molecule has 4 rings (SSSR count). The van der Waals surface area contributed by atoms with Crippen LogP contribution in [0.15, 0.2) is 82.0 Å². The molecule has 2 N–H and O–H groups in total. The molecule has 0 aliphatic carbocycles. The van der Waals surface area contributed by atoms with Crippen LogP contribution in [0.25, 0.3) is 11.0 Å². The topological polar surface area (TPSA) is 88.8 Å². The van der Waals surface area contributed by atoms with Crippen molar-refractivity contribution in [2.75, 3.05) is 5.32 Å². The summed E-state index contributed by atoms with van der Waals surface area (Å²) in [6.45, 7) is 0. The zero-order valence-electron chi connectivity index (χ0n) is 14.9. The smallest absolute Gasteiger partial charge is 0.353 e. The van der Waals surface area contributed by atoms with Crippen molar-refractivity contribution >= 4 is 34.2 Å². The van der Waals surface area contributed by atoms with Crippen LogP contribution in [0.1, 0.15) is 10.4 Å². The number of aromatic hydroxyl groups is 1. The van der Waals surface area contributed by atoms with Crippen LogP contribution in [0.4, 0.5) is 5.69 Å². The molecular weight excluding hydrogens is 394 g/mol. The summed E-state index contributed by atoms with van der Waals surface area (Å²) in [4.78, 5) is 24.7. The number of amides is 1. The number of benzene rings is 3. The van der Waals surface area contributed by atoms with Crippen molar-refractivity contribution in [3.8, 4) is 17.2 Å². The monoisotopic (exact) mass is 407 g/mol. The average molecular weight is 408 g/mol. The first kappa shape index (κ1) is 18.6. The molecule has 0 aliphatic heterocycles. The van der Waals surface area contributed by atoms with Gasteiger partial charge in [0.05, 0.1) is 5.39 Å². The number of ether oxygens (including phenoxy) is 1. The molecule has 1 heterocycles. The Kier molecular flexibility index (Phi) is 4.93. The Hall–Kier alpha value is -3.77. The van der Waals surface area contributed by atoms with Gasteiger partial charge in [-0.25, -0.2) is 4.79 Å². The number of hydrogen-bond donors (Lipinski definition) is 2. The normalized spacial score (nSPS) is 10.7. The molecule has 7 heteroatoms. The fraction of sp³-hybridized carbons (Fsp3) is 0. The zero-order valence-corrected chi connectivity index (χ0v) is 15.6. The fourth-order valence-corrected chi connectivity index (χ4v) is 2.90. The molecule has 0 radical (unpaired) electrons. The van der Waals surface area contributed by atoms with Crippen molar-refractivity contribution in [1.82, 2.24) is 0 Å². The maximum absolute atomic E-state index is 12.5. The Morgan fingerprint density at radius 1 is 0.931 bits per heavy atom. The van der Waals surface area contributed by atoms with E-state index in [-0.39, 0.29) is 11.0 Å². The Labute approximate surface area is 169 Å². The van der Waals surface area contributed by atoms with Gasteiger partial charge < -0.3 is 19.6 Å². The number of carbonyl (C=O) groups is 1. The van der Waals surface area contributed by atoms with Crippen LogP contribution < -0.4 is 15.7 Å². The van der Waals surface area contributed by atoms with E-state index in [1.807, 2.05) is 0 Å². The van der Waals surface area contributed by atoms with Gasteiger partial charge in [0.1, 0.15) is 22.8 Å². The minimum absolute atomic E-state index is 0.204. The van der Waals surface area contributed by atoms with Crippen molar-refractivity contribution in [2.45, 2.75) is 0 Å². The van der Waals surface area contributed by atoms with E-state index in [1.165, 1.54) is 6.07 Å². The van der Waals surface area contributed by atoms with E-state index in [0.717, 1.165) is 0 Å². The standard InChI is InChI=1S/C22H14ClNO5/c23-13-5-9-15(10-6-13)28-16-11-7-14(8-12-16)24-21(26)19-20(25)17-3-1-2-4-18(17)29-22(19)27/h1-12,25H,(H,24,26). The second-order valence-electron chi connectivity index (χ2n) is 6.14. The van der Waals surface area contributed by atoms with Gasteiger partial charge in [-0.05, 0) is 60.7 Å². The SMILES string of the molecule is O=C(Nc1ccc(Oc2ccc(Cl)cc2)cc1)c1c(O)c2ccccc2oc1=O. The van der Waals surface area contributed by atoms with Gasteiger partial charge in [0.25, 0.3) is 5.91 Å². The Morgan fingerprint density at radius 3 is 2.24 bits per heavy atom. The van der Waals surface area contributed by atoms with E-state index in [1.54, 1.807) is 66.7 Å². The summed E-state index contributed by atoms with van der Waals surface area (Å²) in [5.41, 5.74) is -0.743. The summed E-state index contributed by atoms with van der Waals surface area (Å²) < 4.78 is 10.8. The molecule has 0 saturated carbocycles. The third kappa shape index (κ3) is 3.93. The quantitative estimate of drug-likeness (QED) is 0.454. The summed E-state index contributed by atoms with van der Waals surface area (Å²) in [5.74, 6) is -0.0197. The van der Waals surface area contributed by atoms with Crippen molar-refractivity contribution in [3.63, 3.8) is 0 Å². The number of carbonyl (C=O) groups excluding carboxylic acids is 1. The lowest BCUT2D eigenvalue weighted by molar-refractivity contribution is 0.102. The minimum atomic E-state index is -0.915. The number of hydrogen-bond acceptors (Lipinski definition) is 5. The highest BCUT2D eigenvalue weighted by molar-refractivity contribution is 6.30. The third-order valence-electron chi connectivity index (χ3n) is 4.17. The predicted molar refractivity (Wildman–Crippen MR) is 110 cm³/mol. The molecule has 0 spiro atoms. The Balaban J connectivity index is 1.54. The van der Waals surface area contributed by atoms with Crippen molar-refractivity contribution in [2.24, 2.45) is 0 Å². The number of anilines is 1. The maximum Gasteiger partial charge on any atom is 0.353 e. The lowest BCUT2D eigenvalue weighted by Gasteiger charge is -2.09. The second kappa shape index (κ2) is 7.69. The van der Waals surface area contributed by atoms with Crippen LogP contribution in [0.3, 0.4) is 0 Å². The number of rotatable bonds is 4. The third-order valence-corrected chi connectivity index (χ3v) is 4.43. The molecule has 0 unspecified atom stereocenters. The first-order chi connectivity index (χ1) is 14.0. The van der Waals surface area contributed by atoms with Gasteiger partial charge in [0.2, 0.25) is 0 Å². The van der Waals surface area contributed by atoms with Crippen LogP contribution in [0.5, 0.6) is 17.2 Å². The molecular formula is C22H14ClNO5. The molecule has 0 atom stereocenters. The molecule has 1 amide bonds. The van der Waals surface area contributed by atoms with Gasteiger partial charge in [-0.3, -0.25) is 4.79 Å². The van der Waals surface area contributed by atoms with Crippen LogP contribution in [-0.2, 0) is 0 Å². The highest BCUT2D eigenvalue weighted by Gasteiger charge is 2.21. The Morgan fingerprint density at radius 2 is 1.55 bits per heavy atom. The number of fused-ring (bicyclic) bond motifs is 1. The summed E-state index contributed by atoms with van der Waals surface area (Å²) in [7, 11) is 0. The van der Waals surface area contributed by atoms with E-state index in [2.05, 4.69) is 5.32 Å². The van der Waals surface area contributed by atoms with E-state index >= 15 is 0 Å². The Bertz CT molecular complexity index is 1250. The number of para-hydroxylation sites is 1. The highest BCUT2D eigenvalue weighted by atomic mass is 35.5. The van der Waals surface area contributed by atoms with Gasteiger partial charge in [-0.15, -0.1) is 0 Å². The summed E-state index contributed by atoms with van der Waals surface area (Å²) >= 11 is 5.85. The number of nitrogens with one attached hydrogen (secondary N) is 1. The van der Waals surface area contributed by atoms with Crippen LogP contribution >= 0.6 is 11.6 Å². The molecule has 144 valence electrons. The van der Waals surface area contributed by atoms with Crippen LogP contribution in [-0.4, -0.2) is 11.0 Å². The summed E-state index contributed by atoms with van der Waals surface area (Å²) in [5, 5.41) is 13.8. The molecule has 0 fully saturated rings. The first-order valence-electron chi connectivity index (χ1n) is 8.61. The molecule has 0 saturated heterocycles. The first-order valence-corrected chi connectivity index (χ1v) is 8.99. The maximum atomic E-state index is 12.5. The van der Waals surface area contributed by atoms with E-state index in [0.29, 0.717) is 22.2 Å². The second-order valence-corrected chi connectivity index (χ2v) is 6.58. The summed E-state index contributed by atoms with van der Waals surface area (Å²) in [6, 6.07) is 19.9. The molecule has 0 aliphatic rings. The molecule has 6 nitrogen and oxygen atoms in total. The zero-order chi connectivity index (χ0) is 20.4. The summed E-state index contributed by atoms with van der Waals surface area (Å²) in [6.07, 6.45) is 0. The average Bonchev–Trinajstić information content (AvgIpc) is 2.71. The molecule has 4 aromatic rings. The predicted octanol–water partition coefficient (Wildman–Crippen LogP) is 5.20. The molecule has 1 aromatic heterocycles. The molecule has 3 aromatic carbocycles. The molecule has 0 bridgehead atoms. The van der Waals surface area contributed by atoms with Gasteiger partial charge >= 0.3 is 5.63 Å². The van der Waals surface area contributed by atoms with Crippen molar-refractivity contribution in [3.05, 3.63) is 93.8 Å². The van der Waals surface area contributed by atoms with E-state index in [4.69, 9.17) is 20.8 Å². The lowest BCUT2D eigenvalue weighted by atomic mass is 10.1. The van der Waals surface area contributed by atoms with Gasteiger partial charge in [-0.2, -0.15) is 0 Å². The van der Waals surface area contributed by atoms with Gasteiger partial charge in [0, 0.05) is 10.7 Å². The fourth-order valence-electron chi connectivity index (χ4n) is 2.77. The van der Waals surface area contributed by atoms with E-state index < -0.39 is 22.8 Å². The molecule has 29 heavy (non-hydrogen) atoms.